The Morgan fingerprint density at radius 2 is 2.20 bits per heavy atom. The van der Waals surface area contributed by atoms with Crippen molar-refractivity contribution in [2.24, 2.45) is 5.11 Å². The molecule has 0 saturated carbocycles. The number of halogens is 1. The van der Waals surface area contributed by atoms with E-state index in [-0.39, 0.29) is 0 Å². The Hall–Kier alpha value is -1.33. The van der Waals surface area contributed by atoms with Gasteiger partial charge in [-0.3, -0.25) is 0 Å². The molecule has 15 heavy (non-hydrogen) atoms. The third-order valence-corrected chi connectivity index (χ3v) is 2.99. The van der Waals surface area contributed by atoms with Crippen LogP contribution >= 0.6 is 22.6 Å². The van der Waals surface area contributed by atoms with Crippen molar-refractivity contribution >= 4 is 33.5 Å². The van der Waals surface area contributed by atoms with E-state index in [2.05, 4.69) is 37.6 Å². The molecule has 0 unspecified atom stereocenters. The second kappa shape index (κ2) is 4.46. The largest absolute Gasteiger partial charge is 0.242 e. The zero-order chi connectivity index (χ0) is 10.7. The molecule has 0 spiro atoms. The van der Waals surface area contributed by atoms with E-state index >= 15 is 0 Å². The SMILES string of the molecule is [N-]=[N+]=NCc1cc2ccccc2nc1I. The third kappa shape index (κ3) is 2.19. The molecule has 2 rings (SSSR count). The molecule has 1 aromatic carbocycles. The minimum absolute atomic E-state index is 0.354. The van der Waals surface area contributed by atoms with Crippen LogP contribution in [0.4, 0.5) is 0 Å². The Morgan fingerprint density at radius 3 is 3.00 bits per heavy atom. The molecule has 0 radical (unpaired) electrons. The Bertz CT molecular complexity index is 546. The molecule has 0 amide bonds. The molecular weight excluding hydrogens is 303 g/mol. The van der Waals surface area contributed by atoms with E-state index in [1.807, 2.05) is 30.3 Å². The molecule has 4 nitrogen and oxygen atoms in total. The Labute approximate surface area is 100 Å². The molecule has 0 bridgehead atoms. The van der Waals surface area contributed by atoms with Gasteiger partial charge in [0.2, 0.25) is 0 Å². The first kappa shape index (κ1) is 10.2. The molecule has 1 heterocycles. The predicted octanol–water partition coefficient (Wildman–Crippen LogP) is 3.65. The summed E-state index contributed by atoms with van der Waals surface area (Å²) in [6.07, 6.45) is 0. The van der Waals surface area contributed by atoms with Crippen molar-refractivity contribution < 1.29 is 0 Å². The van der Waals surface area contributed by atoms with Crippen molar-refractivity contribution in [1.82, 2.24) is 4.98 Å². The maximum atomic E-state index is 8.27. The number of pyridine rings is 1. The van der Waals surface area contributed by atoms with Crippen molar-refractivity contribution in [1.29, 1.82) is 0 Å². The molecule has 1 aromatic heterocycles. The molecule has 74 valence electrons. The minimum Gasteiger partial charge on any atom is -0.242 e. The summed E-state index contributed by atoms with van der Waals surface area (Å²) in [5.41, 5.74) is 10.2. The fourth-order valence-corrected chi connectivity index (χ4v) is 1.94. The van der Waals surface area contributed by atoms with Gasteiger partial charge in [0.25, 0.3) is 0 Å². The lowest BCUT2D eigenvalue weighted by atomic mass is 10.2. The van der Waals surface area contributed by atoms with Gasteiger partial charge in [-0.05, 0) is 45.8 Å². The normalized spacial score (nSPS) is 9.93. The average molecular weight is 310 g/mol. The highest BCUT2D eigenvalue weighted by molar-refractivity contribution is 14.1. The molecule has 0 saturated heterocycles. The first-order valence-electron chi connectivity index (χ1n) is 4.36. The highest BCUT2D eigenvalue weighted by atomic mass is 127. The standard InChI is InChI=1S/C10H7IN4/c11-10-8(6-13-15-12)5-7-3-1-2-4-9(7)14-10/h1-5H,6H2. The maximum absolute atomic E-state index is 8.27. The van der Waals surface area contributed by atoms with Crippen LogP contribution in [0, 0.1) is 3.70 Å². The van der Waals surface area contributed by atoms with Crippen LogP contribution in [0.25, 0.3) is 21.3 Å². The van der Waals surface area contributed by atoms with Gasteiger partial charge in [-0.1, -0.05) is 23.3 Å². The molecule has 0 aliphatic heterocycles. The van der Waals surface area contributed by atoms with E-state index in [4.69, 9.17) is 5.53 Å². The lowest BCUT2D eigenvalue weighted by Gasteiger charge is -2.02. The van der Waals surface area contributed by atoms with Gasteiger partial charge in [-0.25, -0.2) is 4.98 Å². The molecule has 0 aliphatic rings. The summed E-state index contributed by atoms with van der Waals surface area (Å²) in [4.78, 5) is 7.18. The van der Waals surface area contributed by atoms with Crippen LogP contribution in [0.5, 0.6) is 0 Å². The van der Waals surface area contributed by atoms with Crippen LogP contribution in [0.1, 0.15) is 5.56 Å². The third-order valence-electron chi connectivity index (χ3n) is 2.05. The van der Waals surface area contributed by atoms with Crippen LogP contribution < -0.4 is 0 Å². The summed E-state index contributed by atoms with van der Waals surface area (Å²) in [6.45, 7) is 0.354. The summed E-state index contributed by atoms with van der Waals surface area (Å²) in [7, 11) is 0. The molecule has 0 aliphatic carbocycles. The van der Waals surface area contributed by atoms with Crippen molar-refractivity contribution in [2.75, 3.05) is 0 Å². The molecule has 0 atom stereocenters. The van der Waals surface area contributed by atoms with E-state index in [0.29, 0.717) is 6.54 Å². The van der Waals surface area contributed by atoms with Crippen LogP contribution in [0.2, 0.25) is 0 Å². The number of hydrogen-bond acceptors (Lipinski definition) is 2. The van der Waals surface area contributed by atoms with Gasteiger partial charge in [-0.2, -0.15) is 0 Å². The van der Waals surface area contributed by atoms with Gasteiger partial charge in [-0.15, -0.1) is 0 Å². The molecule has 5 heteroatoms. The van der Waals surface area contributed by atoms with E-state index < -0.39 is 0 Å². The van der Waals surface area contributed by atoms with Crippen molar-refractivity contribution in [3.63, 3.8) is 0 Å². The maximum Gasteiger partial charge on any atom is 0.105 e. The highest BCUT2D eigenvalue weighted by Crippen LogP contribution is 2.18. The molecule has 2 aromatic rings. The lowest BCUT2D eigenvalue weighted by Crippen LogP contribution is -1.91. The number of azide groups is 1. The topological polar surface area (TPSA) is 61.7 Å². The van der Waals surface area contributed by atoms with Gasteiger partial charge in [0.05, 0.1) is 12.1 Å². The Balaban J connectivity index is 2.56. The highest BCUT2D eigenvalue weighted by Gasteiger charge is 2.02. The number of nitrogens with zero attached hydrogens (tertiary/aromatic N) is 4. The summed E-state index contributed by atoms with van der Waals surface area (Å²) >= 11 is 2.15. The smallest absolute Gasteiger partial charge is 0.105 e. The number of fused-ring (bicyclic) bond motifs is 1. The number of para-hydroxylation sites is 1. The number of rotatable bonds is 2. The van der Waals surface area contributed by atoms with Gasteiger partial charge >= 0.3 is 0 Å². The van der Waals surface area contributed by atoms with Crippen LogP contribution in [0.3, 0.4) is 0 Å². The van der Waals surface area contributed by atoms with E-state index in [9.17, 15) is 0 Å². The summed E-state index contributed by atoms with van der Waals surface area (Å²) < 4.78 is 0.888. The average Bonchev–Trinajstić information content (AvgIpc) is 2.26. The predicted molar refractivity (Wildman–Crippen MR) is 67.3 cm³/mol. The van der Waals surface area contributed by atoms with Crippen molar-refractivity contribution in [2.45, 2.75) is 6.54 Å². The van der Waals surface area contributed by atoms with Crippen LogP contribution in [0.15, 0.2) is 35.4 Å². The fourth-order valence-electron chi connectivity index (χ4n) is 1.35. The van der Waals surface area contributed by atoms with Gasteiger partial charge < -0.3 is 0 Å². The zero-order valence-corrected chi connectivity index (χ0v) is 9.92. The number of aromatic nitrogens is 1. The first-order chi connectivity index (χ1) is 7.31. The summed E-state index contributed by atoms with van der Waals surface area (Å²) in [5, 5.41) is 4.62. The molecular formula is C10H7IN4. The molecule has 0 fully saturated rings. The van der Waals surface area contributed by atoms with Gasteiger partial charge in [0.1, 0.15) is 3.70 Å². The van der Waals surface area contributed by atoms with E-state index in [0.717, 1.165) is 20.2 Å². The minimum atomic E-state index is 0.354. The first-order valence-corrected chi connectivity index (χ1v) is 5.44. The zero-order valence-electron chi connectivity index (χ0n) is 7.76. The monoisotopic (exact) mass is 310 g/mol. The summed E-state index contributed by atoms with van der Waals surface area (Å²) in [5.74, 6) is 0. The Kier molecular flexibility index (Phi) is 3.03. The van der Waals surface area contributed by atoms with E-state index in [1.54, 1.807) is 0 Å². The van der Waals surface area contributed by atoms with E-state index in [1.165, 1.54) is 0 Å². The van der Waals surface area contributed by atoms with Gasteiger partial charge in [0.15, 0.2) is 0 Å². The summed E-state index contributed by atoms with van der Waals surface area (Å²) in [6, 6.07) is 9.90. The quantitative estimate of drug-likeness (QED) is 0.274. The van der Waals surface area contributed by atoms with Crippen molar-refractivity contribution in [3.05, 3.63) is 50.0 Å². The second-order valence-electron chi connectivity index (χ2n) is 3.02. The van der Waals surface area contributed by atoms with Gasteiger partial charge in [0, 0.05) is 10.3 Å². The Morgan fingerprint density at radius 1 is 1.40 bits per heavy atom. The second-order valence-corrected chi connectivity index (χ2v) is 4.04. The number of hydrogen-bond donors (Lipinski definition) is 0. The van der Waals surface area contributed by atoms with Crippen LogP contribution in [-0.4, -0.2) is 4.98 Å². The van der Waals surface area contributed by atoms with Crippen molar-refractivity contribution in [3.8, 4) is 0 Å². The molecule has 0 N–H and O–H groups in total. The number of benzene rings is 1. The van der Waals surface area contributed by atoms with Crippen LogP contribution in [-0.2, 0) is 6.54 Å². The fraction of sp³-hybridized carbons (Fsp3) is 0.100. The lowest BCUT2D eigenvalue weighted by molar-refractivity contribution is 1.02.